The van der Waals surface area contributed by atoms with Crippen LogP contribution in [0.15, 0.2) is 30.3 Å². The molecule has 0 amide bonds. The lowest BCUT2D eigenvalue weighted by atomic mass is 10.0. The number of cyclic esters (lactones) is 2. The van der Waals surface area contributed by atoms with Gasteiger partial charge in [-0.2, -0.15) is 0 Å². The molecular formula is C13H5ClO4. The van der Waals surface area contributed by atoms with E-state index in [2.05, 4.69) is 4.74 Å². The molecular weight excluding hydrogens is 256 g/mol. The van der Waals surface area contributed by atoms with E-state index in [9.17, 15) is 14.4 Å². The van der Waals surface area contributed by atoms with Crippen molar-refractivity contribution in [1.82, 2.24) is 0 Å². The van der Waals surface area contributed by atoms with Gasteiger partial charge in [-0.05, 0) is 46.6 Å². The van der Waals surface area contributed by atoms with Gasteiger partial charge in [-0.3, -0.25) is 4.79 Å². The van der Waals surface area contributed by atoms with Gasteiger partial charge in [-0.25, -0.2) is 9.59 Å². The topological polar surface area (TPSA) is 60.4 Å². The van der Waals surface area contributed by atoms with Gasteiger partial charge >= 0.3 is 11.9 Å². The highest BCUT2D eigenvalue weighted by molar-refractivity contribution is 6.67. The van der Waals surface area contributed by atoms with Crippen molar-refractivity contribution in [2.24, 2.45) is 0 Å². The van der Waals surface area contributed by atoms with E-state index < -0.39 is 17.2 Å². The third kappa shape index (κ3) is 1.50. The molecule has 1 aliphatic heterocycles. The van der Waals surface area contributed by atoms with Crippen molar-refractivity contribution in [2.45, 2.75) is 0 Å². The molecule has 5 heteroatoms. The zero-order valence-electron chi connectivity index (χ0n) is 8.90. The molecule has 3 rings (SSSR count). The molecule has 2 aromatic carbocycles. The van der Waals surface area contributed by atoms with Gasteiger partial charge in [0.1, 0.15) is 0 Å². The molecule has 0 atom stereocenters. The van der Waals surface area contributed by atoms with Crippen molar-refractivity contribution in [3.63, 3.8) is 0 Å². The maximum atomic E-state index is 11.4. The summed E-state index contributed by atoms with van der Waals surface area (Å²) in [5.41, 5.74) is 0.797. The summed E-state index contributed by atoms with van der Waals surface area (Å²) in [6.45, 7) is 0. The van der Waals surface area contributed by atoms with Crippen molar-refractivity contribution in [3.05, 3.63) is 47.0 Å². The van der Waals surface area contributed by atoms with Crippen molar-refractivity contribution in [3.8, 4) is 0 Å². The second-order valence-corrected chi connectivity index (χ2v) is 4.25. The van der Waals surface area contributed by atoms with Crippen LogP contribution in [0.4, 0.5) is 0 Å². The lowest BCUT2D eigenvalue weighted by Crippen LogP contribution is -1.96. The summed E-state index contributed by atoms with van der Waals surface area (Å²) in [5.74, 6) is -1.31. The molecule has 88 valence electrons. The molecule has 0 fully saturated rings. The first kappa shape index (κ1) is 10.9. The lowest BCUT2D eigenvalue weighted by Gasteiger charge is -2.01. The highest BCUT2D eigenvalue weighted by atomic mass is 35.5. The van der Waals surface area contributed by atoms with Crippen LogP contribution in [-0.4, -0.2) is 17.2 Å². The van der Waals surface area contributed by atoms with Crippen LogP contribution in [0.5, 0.6) is 0 Å². The van der Waals surface area contributed by atoms with E-state index in [-0.39, 0.29) is 11.1 Å². The van der Waals surface area contributed by atoms with E-state index in [1.165, 1.54) is 6.07 Å². The van der Waals surface area contributed by atoms with Gasteiger partial charge in [0.15, 0.2) is 0 Å². The van der Waals surface area contributed by atoms with Gasteiger partial charge in [-0.1, -0.05) is 6.07 Å². The molecule has 0 bridgehead atoms. The number of benzene rings is 2. The number of esters is 2. The highest BCUT2D eigenvalue weighted by Crippen LogP contribution is 2.27. The average Bonchev–Trinajstić information content (AvgIpc) is 2.61. The summed E-state index contributed by atoms with van der Waals surface area (Å²) in [5, 5.41) is 0.824. The number of fused-ring (bicyclic) bond motifs is 2. The van der Waals surface area contributed by atoms with E-state index in [0.717, 1.165) is 5.39 Å². The van der Waals surface area contributed by atoms with Crippen LogP contribution in [0, 0.1) is 0 Å². The Hall–Kier alpha value is -2.20. The maximum absolute atomic E-state index is 11.4. The largest absolute Gasteiger partial charge is 0.386 e. The van der Waals surface area contributed by atoms with E-state index in [1.807, 2.05) is 0 Å². The molecule has 1 aliphatic rings. The van der Waals surface area contributed by atoms with Crippen molar-refractivity contribution >= 4 is 39.6 Å². The van der Waals surface area contributed by atoms with Crippen LogP contribution in [0.1, 0.15) is 31.1 Å². The van der Waals surface area contributed by atoms with Crippen LogP contribution < -0.4 is 0 Å². The fourth-order valence-electron chi connectivity index (χ4n) is 1.95. The SMILES string of the molecule is O=C(Cl)c1ccc2cc3c(cc2c1)C(=O)OC3=O. The minimum absolute atomic E-state index is 0.215. The van der Waals surface area contributed by atoms with E-state index in [0.29, 0.717) is 10.9 Å². The Kier molecular flexibility index (Phi) is 2.21. The van der Waals surface area contributed by atoms with E-state index in [1.54, 1.807) is 24.3 Å². The molecule has 0 unspecified atom stereocenters. The Morgan fingerprint density at radius 3 is 2.17 bits per heavy atom. The van der Waals surface area contributed by atoms with E-state index in [4.69, 9.17) is 11.6 Å². The molecule has 4 nitrogen and oxygen atoms in total. The number of hydrogen-bond donors (Lipinski definition) is 0. The molecule has 0 N–H and O–H groups in total. The molecule has 0 radical (unpaired) electrons. The van der Waals surface area contributed by atoms with Gasteiger partial charge < -0.3 is 4.74 Å². The smallest absolute Gasteiger partial charge is 0.346 e. The van der Waals surface area contributed by atoms with Gasteiger partial charge in [0, 0.05) is 5.56 Å². The van der Waals surface area contributed by atoms with Crippen LogP contribution in [0.3, 0.4) is 0 Å². The fourth-order valence-corrected chi connectivity index (χ4v) is 2.07. The number of halogens is 1. The zero-order valence-corrected chi connectivity index (χ0v) is 9.65. The van der Waals surface area contributed by atoms with Gasteiger partial charge in [0.25, 0.3) is 5.24 Å². The van der Waals surface area contributed by atoms with Crippen molar-refractivity contribution < 1.29 is 19.1 Å². The van der Waals surface area contributed by atoms with Crippen LogP contribution in [0.2, 0.25) is 0 Å². The molecule has 0 spiro atoms. The second kappa shape index (κ2) is 3.65. The van der Waals surface area contributed by atoms with Gasteiger partial charge in [-0.15, -0.1) is 0 Å². The Bertz CT molecular complexity index is 733. The Morgan fingerprint density at radius 1 is 0.944 bits per heavy atom. The highest BCUT2D eigenvalue weighted by Gasteiger charge is 2.29. The number of carbonyl (C=O) groups excluding carboxylic acids is 3. The molecule has 0 saturated heterocycles. The zero-order chi connectivity index (χ0) is 12.9. The Balaban J connectivity index is 2.30. The molecule has 0 saturated carbocycles. The minimum Gasteiger partial charge on any atom is -0.386 e. The van der Waals surface area contributed by atoms with Gasteiger partial charge in [0.05, 0.1) is 11.1 Å². The standard InChI is InChI=1S/C13H5ClO4/c14-11(15)7-2-1-6-4-9-10(5-8(6)3-7)13(17)18-12(9)16/h1-5H. The monoisotopic (exact) mass is 260 g/mol. The van der Waals surface area contributed by atoms with Crippen LogP contribution in [0.25, 0.3) is 10.8 Å². The van der Waals surface area contributed by atoms with Crippen LogP contribution >= 0.6 is 11.6 Å². The average molecular weight is 261 g/mol. The number of carbonyl (C=O) groups is 3. The summed E-state index contributed by atoms with van der Waals surface area (Å²) in [6, 6.07) is 7.90. The second-order valence-electron chi connectivity index (χ2n) is 3.91. The molecule has 0 aliphatic carbocycles. The summed E-state index contributed by atoms with van der Waals surface area (Å²) in [6.07, 6.45) is 0. The summed E-state index contributed by atoms with van der Waals surface area (Å²) in [7, 11) is 0. The first-order valence-electron chi connectivity index (χ1n) is 5.10. The maximum Gasteiger partial charge on any atom is 0.346 e. The number of ether oxygens (including phenoxy) is 1. The predicted octanol–water partition coefficient (Wildman–Crippen LogP) is 2.53. The quantitative estimate of drug-likeness (QED) is 0.449. The first-order chi connectivity index (χ1) is 8.56. The molecule has 18 heavy (non-hydrogen) atoms. The fraction of sp³-hybridized carbons (Fsp3) is 0. The number of hydrogen-bond acceptors (Lipinski definition) is 4. The van der Waals surface area contributed by atoms with Crippen molar-refractivity contribution in [2.75, 3.05) is 0 Å². The molecule has 0 aromatic heterocycles. The normalized spacial score (nSPS) is 13.6. The summed E-state index contributed by atoms with van der Waals surface area (Å²) >= 11 is 5.39. The summed E-state index contributed by atoms with van der Waals surface area (Å²) in [4.78, 5) is 33.8. The van der Waals surface area contributed by atoms with Gasteiger partial charge in [0.2, 0.25) is 0 Å². The Morgan fingerprint density at radius 2 is 1.56 bits per heavy atom. The lowest BCUT2D eigenvalue weighted by molar-refractivity contribution is 0.0443. The van der Waals surface area contributed by atoms with E-state index >= 15 is 0 Å². The molecule has 2 aromatic rings. The third-order valence-corrected chi connectivity index (χ3v) is 3.05. The predicted molar refractivity (Wildman–Crippen MR) is 63.9 cm³/mol. The third-order valence-electron chi connectivity index (χ3n) is 2.83. The Labute approximate surface area is 106 Å². The molecule has 1 heterocycles. The minimum atomic E-state index is -0.667. The first-order valence-corrected chi connectivity index (χ1v) is 5.48. The van der Waals surface area contributed by atoms with Crippen LogP contribution in [-0.2, 0) is 4.74 Å². The van der Waals surface area contributed by atoms with Crippen molar-refractivity contribution in [1.29, 1.82) is 0 Å². The number of rotatable bonds is 1. The summed E-state index contributed by atoms with van der Waals surface area (Å²) < 4.78 is 4.51.